The van der Waals surface area contributed by atoms with Crippen LogP contribution >= 0.6 is 12.2 Å². The maximum absolute atomic E-state index is 12.5. The zero-order valence-electron chi connectivity index (χ0n) is 17.5. The highest BCUT2D eigenvalue weighted by Crippen LogP contribution is 2.20. The fourth-order valence-corrected chi connectivity index (χ4v) is 4.68. The van der Waals surface area contributed by atoms with Crippen molar-refractivity contribution in [3.63, 3.8) is 0 Å². The van der Waals surface area contributed by atoms with Crippen molar-refractivity contribution in [1.29, 1.82) is 0 Å². The van der Waals surface area contributed by atoms with Crippen LogP contribution in [0.25, 0.3) is 10.8 Å². The van der Waals surface area contributed by atoms with E-state index in [-0.39, 0.29) is 22.3 Å². The molecule has 0 atom stereocenters. The number of sulfonamides is 1. The molecule has 0 fully saturated rings. The third-order valence-corrected chi connectivity index (χ3v) is 6.53. The minimum absolute atomic E-state index is 0.114. The van der Waals surface area contributed by atoms with Crippen molar-refractivity contribution in [3.8, 4) is 0 Å². The number of carbonyl (C=O) groups is 1. The molecule has 0 aromatic heterocycles. The van der Waals surface area contributed by atoms with Crippen LogP contribution in [0.15, 0.2) is 102 Å². The maximum Gasteiger partial charge on any atom is 0.261 e. The van der Waals surface area contributed by atoms with Crippen molar-refractivity contribution < 1.29 is 13.2 Å². The lowest BCUT2D eigenvalue weighted by molar-refractivity contribution is -0.119. The highest BCUT2D eigenvalue weighted by molar-refractivity contribution is 7.92. The predicted octanol–water partition coefficient (Wildman–Crippen LogP) is 4.70. The number of fused-ring (bicyclic) bond motifs is 1. The topological polar surface area (TPSA) is 87.3 Å². The summed E-state index contributed by atoms with van der Waals surface area (Å²) >= 11 is 5.24. The lowest BCUT2D eigenvalue weighted by Crippen LogP contribution is -2.35. The minimum Gasteiger partial charge on any atom is -0.332 e. The number of rotatable bonds is 6. The molecular formula is C25H21N3O3S2. The van der Waals surface area contributed by atoms with Gasteiger partial charge in [-0.15, -0.1) is 0 Å². The lowest BCUT2D eigenvalue weighted by atomic mass is 10.0. The Morgan fingerprint density at radius 3 is 2.18 bits per heavy atom. The van der Waals surface area contributed by atoms with Crippen LogP contribution in [0.2, 0.25) is 0 Å². The average molecular weight is 476 g/mol. The van der Waals surface area contributed by atoms with Crippen molar-refractivity contribution in [3.05, 3.63) is 103 Å². The summed E-state index contributed by atoms with van der Waals surface area (Å²) in [5.74, 6) is -0.241. The van der Waals surface area contributed by atoms with Gasteiger partial charge in [0.1, 0.15) is 0 Å². The van der Waals surface area contributed by atoms with Gasteiger partial charge in [-0.3, -0.25) is 9.52 Å². The Bertz CT molecular complexity index is 1400. The average Bonchev–Trinajstić information content (AvgIpc) is 2.80. The van der Waals surface area contributed by atoms with Crippen molar-refractivity contribution in [2.24, 2.45) is 0 Å². The van der Waals surface area contributed by atoms with Crippen molar-refractivity contribution >= 4 is 55.4 Å². The molecule has 0 aliphatic heterocycles. The number of carbonyl (C=O) groups excluding carboxylic acids is 1. The third kappa shape index (κ3) is 5.74. The van der Waals surface area contributed by atoms with Gasteiger partial charge in [-0.2, -0.15) is 0 Å². The first-order valence-corrected chi connectivity index (χ1v) is 12.1. The summed E-state index contributed by atoms with van der Waals surface area (Å²) < 4.78 is 27.6. The van der Waals surface area contributed by atoms with Crippen LogP contribution in [-0.4, -0.2) is 19.4 Å². The number of amides is 1. The van der Waals surface area contributed by atoms with Crippen LogP contribution in [0.3, 0.4) is 0 Å². The van der Waals surface area contributed by atoms with Crippen molar-refractivity contribution in [1.82, 2.24) is 5.32 Å². The summed E-state index contributed by atoms with van der Waals surface area (Å²) in [7, 11) is -3.71. The van der Waals surface area contributed by atoms with E-state index in [1.165, 1.54) is 12.1 Å². The Morgan fingerprint density at radius 1 is 0.758 bits per heavy atom. The van der Waals surface area contributed by atoms with Gasteiger partial charge in [-0.25, -0.2) is 8.42 Å². The number of hydrogen-bond acceptors (Lipinski definition) is 4. The van der Waals surface area contributed by atoms with E-state index >= 15 is 0 Å². The molecule has 4 aromatic rings. The van der Waals surface area contributed by atoms with Gasteiger partial charge in [-0.05, 0) is 65.0 Å². The molecule has 0 saturated carbocycles. The molecule has 0 unspecified atom stereocenters. The fourth-order valence-electron chi connectivity index (χ4n) is 3.39. The molecule has 166 valence electrons. The summed E-state index contributed by atoms with van der Waals surface area (Å²) in [5, 5.41) is 7.81. The predicted molar refractivity (Wildman–Crippen MR) is 136 cm³/mol. The second kappa shape index (κ2) is 9.81. The molecule has 8 heteroatoms. The normalized spacial score (nSPS) is 11.0. The van der Waals surface area contributed by atoms with Gasteiger partial charge in [0.25, 0.3) is 10.0 Å². The zero-order chi connectivity index (χ0) is 23.3. The first-order valence-electron chi connectivity index (χ1n) is 10.2. The molecule has 33 heavy (non-hydrogen) atoms. The summed E-state index contributed by atoms with van der Waals surface area (Å²) in [6.07, 6.45) is 0.186. The second-order valence-corrected chi connectivity index (χ2v) is 9.40. The smallest absolute Gasteiger partial charge is 0.261 e. The molecule has 0 heterocycles. The van der Waals surface area contributed by atoms with Crippen molar-refractivity contribution in [2.75, 3.05) is 10.0 Å². The van der Waals surface area contributed by atoms with Gasteiger partial charge in [0.05, 0.1) is 11.3 Å². The van der Waals surface area contributed by atoms with E-state index < -0.39 is 10.0 Å². The SMILES string of the molecule is O=C(Cc1cccc2ccccc12)NC(=S)Nc1ccc(S(=O)(=O)Nc2ccccc2)cc1. The Morgan fingerprint density at radius 2 is 1.42 bits per heavy atom. The van der Waals surface area contributed by atoms with Crippen LogP contribution in [0.5, 0.6) is 0 Å². The molecule has 0 spiro atoms. The number of thiocarbonyl (C=S) groups is 1. The van der Waals surface area contributed by atoms with Crippen molar-refractivity contribution in [2.45, 2.75) is 11.3 Å². The van der Waals surface area contributed by atoms with Gasteiger partial charge in [-0.1, -0.05) is 60.7 Å². The molecule has 0 bridgehead atoms. The Kier molecular flexibility index (Phi) is 6.67. The van der Waals surface area contributed by atoms with Gasteiger partial charge in [0.15, 0.2) is 5.11 Å². The Balaban J connectivity index is 1.36. The number of nitrogens with one attached hydrogen (secondary N) is 3. The van der Waals surface area contributed by atoms with Crippen LogP contribution < -0.4 is 15.4 Å². The minimum atomic E-state index is -3.71. The summed E-state index contributed by atoms with van der Waals surface area (Å²) in [6.45, 7) is 0. The second-order valence-electron chi connectivity index (χ2n) is 7.31. The molecule has 6 nitrogen and oxygen atoms in total. The summed E-state index contributed by atoms with van der Waals surface area (Å²) in [4.78, 5) is 12.6. The number of para-hydroxylation sites is 1. The van der Waals surface area contributed by atoms with Gasteiger partial charge >= 0.3 is 0 Å². The molecule has 4 rings (SSSR count). The molecule has 4 aromatic carbocycles. The van der Waals surface area contributed by atoms with Gasteiger partial charge in [0, 0.05) is 11.4 Å². The van der Waals surface area contributed by atoms with Crippen LogP contribution in [0.1, 0.15) is 5.56 Å². The summed E-state index contributed by atoms with van der Waals surface area (Å²) in [6, 6.07) is 28.5. The van der Waals surface area contributed by atoms with Crippen LogP contribution in [0, 0.1) is 0 Å². The van der Waals surface area contributed by atoms with E-state index in [1.54, 1.807) is 36.4 Å². The quantitative estimate of drug-likeness (QED) is 0.352. The van der Waals surface area contributed by atoms with E-state index in [0.717, 1.165) is 16.3 Å². The van der Waals surface area contributed by atoms with E-state index in [4.69, 9.17) is 12.2 Å². The van der Waals surface area contributed by atoms with E-state index in [9.17, 15) is 13.2 Å². The molecule has 3 N–H and O–H groups in total. The molecule has 1 amide bonds. The first-order chi connectivity index (χ1) is 15.9. The summed E-state index contributed by atoms with van der Waals surface area (Å²) in [5.41, 5.74) is 1.95. The number of anilines is 2. The Hall–Kier alpha value is -3.75. The molecule has 0 radical (unpaired) electrons. The molecular weight excluding hydrogens is 454 g/mol. The standard InChI is InChI=1S/C25H21N3O3S2/c29-24(17-19-9-6-8-18-7-4-5-12-23(18)19)27-25(32)26-20-13-15-22(16-14-20)33(30,31)28-21-10-2-1-3-11-21/h1-16,28H,17H2,(H2,26,27,29,32). The fraction of sp³-hybridized carbons (Fsp3) is 0.0400. The highest BCUT2D eigenvalue weighted by atomic mass is 32.2. The first kappa shape index (κ1) is 22.4. The lowest BCUT2D eigenvalue weighted by Gasteiger charge is -2.12. The molecule has 0 aliphatic carbocycles. The van der Waals surface area contributed by atoms with Crippen LogP contribution in [-0.2, 0) is 21.2 Å². The van der Waals surface area contributed by atoms with E-state index in [2.05, 4.69) is 15.4 Å². The monoisotopic (exact) mass is 475 g/mol. The highest BCUT2D eigenvalue weighted by Gasteiger charge is 2.14. The largest absolute Gasteiger partial charge is 0.332 e. The number of hydrogen-bond donors (Lipinski definition) is 3. The van der Waals surface area contributed by atoms with E-state index in [1.807, 2.05) is 48.5 Å². The number of benzene rings is 4. The van der Waals surface area contributed by atoms with E-state index in [0.29, 0.717) is 11.4 Å². The molecule has 0 aliphatic rings. The van der Waals surface area contributed by atoms with Gasteiger partial charge < -0.3 is 10.6 Å². The van der Waals surface area contributed by atoms with Crippen LogP contribution in [0.4, 0.5) is 11.4 Å². The maximum atomic E-state index is 12.5. The third-order valence-electron chi connectivity index (χ3n) is 4.93. The van der Waals surface area contributed by atoms with Gasteiger partial charge in [0.2, 0.25) is 5.91 Å². The zero-order valence-corrected chi connectivity index (χ0v) is 19.1. The molecule has 0 saturated heterocycles. The Labute approximate surface area is 197 Å².